The lowest BCUT2D eigenvalue weighted by Gasteiger charge is -2.22. The van der Waals surface area contributed by atoms with E-state index < -0.39 is 23.6 Å². The van der Waals surface area contributed by atoms with Crippen LogP contribution < -0.4 is 10.6 Å². The quantitative estimate of drug-likeness (QED) is 0.868. The Morgan fingerprint density at radius 3 is 2.28 bits per heavy atom. The molecule has 2 N–H and O–H groups in total. The van der Waals surface area contributed by atoms with Gasteiger partial charge < -0.3 is 10.6 Å². The molecular formula is C19H20F2N2O2. The van der Waals surface area contributed by atoms with Gasteiger partial charge in [0.15, 0.2) is 11.6 Å². The molecule has 0 aliphatic rings. The van der Waals surface area contributed by atoms with Gasteiger partial charge in [-0.2, -0.15) is 0 Å². The number of hydrogen-bond acceptors (Lipinski definition) is 2. The van der Waals surface area contributed by atoms with E-state index >= 15 is 0 Å². The van der Waals surface area contributed by atoms with Gasteiger partial charge in [-0.1, -0.05) is 32.0 Å². The van der Waals surface area contributed by atoms with Crippen molar-refractivity contribution in [1.29, 1.82) is 0 Å². The number of rotatable bonds is 5. The summed E-state index contributed by atoms with van der Waals surface area (Å²) in [5.41, 5.74) is 1.40. The number of carbonyl (C=O) groups excluding carboxylic acids is 2. The van der Waals surface area contributed by atoms with E-state index in [0.717, 1.165) is 17.7 Å². The summed E-state index contributed by atoms with van der Waals surface area (Å²) in [5.74, 6) is -3.10. The molecule has 0 aliphatic carbocycles. The van der Waals surface area contributed by atoms with Gasteiger partial charge in [0.25, 0.3) is 5.91 Å². The highest BCUT2D eigenvalue weighted by atomic mass is 19.2. The zero-order valence-electron chi connectivity index (χ0n) is 14.3. The molecule has 0 saturated heterocycles. The van der Waals surface area contributed by atoms with Gasteiger partial charge in [0, 0.05) is 17.3 Å². The molecule has 0 saturated carbocycles. The first kappa shape index (κ1) is 18.6. The smallest absolute Gasteiger partial charge is 0.252 e. The van der Waals surface area contributed by atoms with Crippen LogP contribution in [0.4, 0.5) is 14.5 Å². The fourth-order valence-corrected chi connectivity index (χ4v) is 2.38. The van der Waals surface area contributed by atoms with Crippen LogP contribution in [0.2, 0.25) is 0 Å². The van der Waals surface area contributed by atoms with E-state index in [1.807, 2.05) is 6.07 Å². The van der Waals surface area contributed by atoms with Gasteiger partial charge in [0.2, 0.25) is 5.91 Å². The molecule has 4 nitrogen and oxygen atoms in total. The van der Waals surface area contributed by atoms with Crippen LogP contribution in [0.15, 0.2) is 42.5 Å². The van der Waals surface area contributed by atoms with Crippen molar-refractivity contribution in [2.45, 2.75) is 26.8 Å². The van der Waals surface area contributed by atoms with Crippen molar-refractivity contribution >= 4 is 17.5 Å². The fourth-order valence-electron chi connectivity index (χ4n) is 2.38. The first-order chi connectivity index (χ1) is 11.8. The Balaban J connectivity index is 2.14. The van der Waals surface area contributed by atoms with Gasteiger partial charge in [-0.05, 0) is 36.6 Å². The van der Waals surface area contributed by atoms with E-state index in [1.54, 1.807) is 39.0 Å². The van der Waals surface area contributed by atoms with Gasteiger partial charge in [-0.25, -0.2) is 8.78 Å². The third kappa shape index (κ3) is 4.62. The highest BCUT2D eigenvalue weighted by Crippen LogP contribution is 2.15. The van der Waals surface area contributed by atoms with Gasteiger partial charge >= 0.3 is 0 Å². The number of anilines is 1. The van der Waals surface area contributed by atoms with E-state index in [1.165, 1.54) is 6.07 Å². The number of aryl methyl sites for hydroxylation is 1. The summed E-state index contributed by atoms with van der Waals surface area (Å²) >= 11 is 0. The lowest BCUT2D eigenvalue weighted by Crippen LogP contribution is -2.47. The summed E-state index contributed by atoms with van der Waals surface area (Å²) in [5, 5.41) is 5.20. The standard InChI is InChI=1S/C19H20F2N2O2/c1-11(2)17(23-18(24)14-7-5-4-6-12(14)3)19(25)22-13-8-9-15(20)16(21)10-13/h4-11,17H,1-3H3,(H,22,25)(H,23,24). The molecule has 1 unspecified atom stereocenters. The molecule has 25 heavy (non-hydrogen) atoms. The number of halogens is 2. The minimum atomic E-state index is -1.05. The van der Waals surface area contributed by atoms with Crippen molar-refractivity contribution in [3.8, 4) is 0 Å². The Bertz CT molecular complexity index is 791. The predicted molar refractivity (Wildman–Crippen MR) is 92.3 cm³/mol. The lowest BCUT2D eigenvalue weighted by atomic mass is 10.0. The summed E-state index contributed by atoms with van der Waals surface area (Å²) < 4.78 is 26.2. The van der Waals surface area contributed by atoms with Gasteiger partial charge in [0.05, 0.1) is 0 Å². The topological polar surface area (TPSA) is 58.2 Å². The average molecular weight is 346 g/mol. The van der Waals surface area contributed by atoms with Crippen LogP contribution in [0.1, 0.15) is 29.8 Å². The normalized spacial score (nSPS) is 11.9. The van der Waals surface area contributed by atoms with Crippen molar-refractivity contribution in [2.24, 2.45) is 5.92 Å². The molecule has 2 amide bonds. The van der Waals surface area contributed by atoms with E-state index in [9.17, 15) is 18.4 Å². The highest BCUT2D eigenvalue weighted by molar-refractivity contribution is 6.01. The Labute approximate surface area is 145 Å². The largest absolute Gasteiger partial charge is 0.340 e. The van der Waals surface area contributed by atoms with Crippen LogP contribution in [0.3, 0.4) is 0 Å². The molecule has 132 valence electrons. The fraction of sp³-hybridized carbons (Fsp3) is 0.263. The maximum absolute atomic E-state index is 13.3. The summed E-state index contributed by atoms with van der Waals surface area (Å²) in [7, 11) is 0. The molecule has 1 atom stereocenters. The second-order valence-corrected chi connectivity index (χ2v) is 6.13. The summed E-state index contributed by atoms with van der Waals surface area (Å²) in [6.45, 7) is 5.38. The van der Waals surface area contributed by atoms with Crippen LogP contribution >= 0.6 is 0 Å². The van der Waals surface area contributed by atoms with Crippen molar-refractivity contribution in [1.82, 2.24) is 5.32 Å². The molecule has 2 aromatic rings. The van der Waals surface area contributed by atoms with Crippen LogP contribution in [-0.2, 0) is 4.79 Å². The van der Waals surface area contributed by atoms with Crippen LogP contribution in [-0.4, -0.2) is 17.9 Å². The first-order valence-electron chi connectivity index (χ1n) is 7.92. The predicted octanol–water partition coefficient (Wildman–Crippen LogP) is 3.67. The van der Waals surface area contributed by atoms with Gasteiger partial charge in [0.1, 0.15) is 6.04 Å². The average Bonchev–Trinajstić information content (AvgIpc) is 2.55. The molecular weight excluding hydrogens is 326 g/mol. The zero-order valence-corrected chi connectivity index (χ0v) is 14.3. The summed E-state index contributed by atoms with van der Waals surface area (Å²) in [6.07, 6.45) is 0. The van der Waals surface area contributed by atoms with Gasteiger partial charge in [-0.3, -0.25) is 9.59 Å². The lowest BCUT2D eigenvalue weighted by molar-refractivity contribution is -0.118. The molecule has 0 aromatic heterocycles. The summed E-state index contributed by atoms with van der Waals surface area (Å²) in [6, 6.07) is 9.32. The van der Waals surface area contributed by atoms with E-state index in [0.29, 0.717) is 5.56 Å². The van der Waals surface area contributed by atoms with Crippen LogP contribution in [0, 0.1) is 24.5 Å². The minimum Gasteiger partial charge on any atom is -0.340 e. The number of hydrogen-bond donors (Lipinski definition) is 2. The second kappa shape index (κ2) is 7.88. The Morgan fingerprint density at radius 2 is 1.68 bits per heavy atom. The molecule has 0 spiro atoms. The van der Waals surface area contributed by atoms with Crippen LogP contribution in [0.25, 0.3) is 0 Å². The molecule has 0 bridgehead atoms. The SMILES string of the molecule is Cc1ccccc1C(=O)NC(C(=O)Nc1ccc(F)c(F)c1)C(C)C. The van der Waals surface area contributed by atoms with Crippen LogP contribution in [0.5, 0.6) is 0 Å². The monoisotopic (exact) mass is 346 g/mol. The molecule has 0 aliphatic heterocycles. The Hall–Kier alpha value is -2.76. The third-order valence-electron chi connectivity index (χ3n) is 3.81. The number of amides is 2. The molecule has 2 aromatic carbocycles. The Morgan fingerprint density at radius 1 is 1.00 bits per heavy atom. The van der Waals surface area contributed by atoms with Crippen molar-refractivity contribution in [3.63, 3.8) is 0 Å². The highest BCUT2D eigenvalue weighted by Gasteiger charge is 2.25. The molecule has 6 heteroatoms. The molecule has 0 heterocycles. The number of benzene rings is 2. The first-order valence-corrected chi connectivity index (χ1v) is 7.92. The summed E-state index contributed by atoms with van der Waals surface area (Å²) in [4.78, 5) is 24.9. The van der Waals surface area contributed by atoms with E-state index in [-0.39, 0.29) is 17.5 Å². The Kier molecular flexibility index (Phi) is 5.85. The van der Waals surface area contributed by atoms with E-state index in [2.05, 4.69) is 10.6 Å². The number of nitrogens with one attached hydrogen (secondary N) is 2. The van der Waals surface area contributed by atoms with Crippen molar-refractivity contribution in [3.05, 3.63) is 65.2 Å². The van der Waals surface area contributed by atoms with Gasteiger partial charge in [-0.15, -0.1) is 0 Å². The molecule has 0 radical (unpaired) electrons. The third-order valence-corrected chi connectivity index (χ3v) is 3.81. The zero-order chi connectivity index (χ0) is 18.6. The van der Waals surface area contributed by atoms with Crippen molar-refractivity contribution in [2.75, 3.05) is 5.32 Å². The second-order valence-electron chi connectivity index (χ2n) is 6.13. The maximum atomic E-state index is 13.3. The number of carbonyl (C=O) groups is 2. The maximum Gasteiger partial charge on any atom is 0.252 e. The van der Waals surface area contributed by atoms with E-state index in [4.69, 9.17) is 0 Å². The van der Waals surface area contributed by atoms with Crippen molar-refractivity contribution < 1.29 is 18.4 Å². The molecule has 2 rings (SSSR count). The minimum absolute atomic E-state index is 0.125. The molecule has 0 fully saturated rings.